The molecule has 0 amide bonds. The Morgan fingerprint density at radius 1 is 1.05 bits per heavy atom. The first kappa shape index (κ1) is 26.8. The normalized spacial score (nSPS) is 19.5. The monoisotopic (exact) mass is 564 g/mol. The molecule has 6 rings (SSSR count). The molecule has 0 bridgehead atoms. The fourth-order valence-electron chi connectivity index (χ4n) is 5.65. The highest BCUT2D eigenvalue weighted by Crippen LogP contribution is 2.38. The summed E-state index contributed by atoms with van der Waals surface area (Å²) in [4.78, 5) is 31.0. The molecule has 0 N–H and O–H groups in total. The molecule has 1 aliphatic carbocycles. The van der Waals surface area contributed by atoms with Crippen LogP contribution in [0, 0.1) is 19.7 Å². The van der Waals surface area contributed by atoms with Crippen molar-refractivity contribution in [3.63, 3.8) is 0 Å². The average Bonchev–Trinajstić information content (AvgIpc) is 3.76. The van der Waals surface area contributed by atoms with E-state index in [4.69, 9.17) is 11.6 Å². The number of halogens is 3. The number of aromatic nitrogens is 4. The van der Waals surface area contributed by atoms with Crippen LogP contribution in [0.15, 0.2) is 53.8 Å². The summed E-state index contributed by atoms with van der Waals surface area (Å²) >= 11 is 6.10. The summed E-state index contributed by atoms with van der Waals surface area (Å²) in [7, 11) is 0. The molecular formula is C30H31ClF2N6O. The third-order valence-electron chi connectivity index (χ3n) is 7.79. The van der Waals surface area contributed by atoms with Crippen molar-refractivity contribution in [3.8, 4) is 0 Å². The lowest BCUT2D eigenvalue weighted by molar-refractivity contribution is 0.120. The molecule has 40 heavy (non-hydrogen) atoms. The van der Waals surface area contributed by atoms with Gasteiger partial charge in [0.2, 0.25) is 0 Å². The first-order chi connectivity index (χ1) is 19.2. The zero-order valence-electron chi connectivity index (χ0n) is 22.5. The number of alkyl halides is 1. The molecule has 4 heterocycles. The van der Waals surface area contributed by atoms with Crippen LogP contribution in [0.2, 0.25) is 5.02 Å². The number of benzene rings is 1. The lowest BCUT2D eigenvalue weighted by atomic mass is 10.0. The second kappa shape index (κ2) is 10.9. The molecular weight excluding hydrogens is 534 g/mol. The van der Waals surface area contributed by atoms with Gasteiger partial charge in [-0.1, -0.05) is 11.6 Å². The topological polar surface area (TPSA) is 67.2 Å². The Hall–Kier alpha value is -3.43. The minimum absolute atomic E-state index is 0.000719. The van der Waals surface area contributed by atoms with Crippen molar-refractivity contribution < 1.29 is 8.78 Å². The van der Waals surface area contributed by atoms with Crippen LogP contribution < -0.4 is 10.3 Å². The molecule has 2 atom stereocenters. The molecule has 2 fully saturated rings. The lowest BCUT2D eigenvalue weighted by Crippen LogP contribution is -2.52. The molecule has 1 saturated heterocycles. The zero-order valence-corrected chi connectivity index (χ0v) is 23.3. The van der Waals surface area contributed by atoms with E-state index in [1.165, 1.54) is 6.07 Å². The van der Waals surface area contributed by atoms with Gasteiger partial charge in [-0.15, -0.1) is 0 Å². The van der Waals surface area contributed by atoms with E-state index < -0.39 is 12.0 Å². The largest absolute Gasteiger partial charge is 0.351 e. The molecule has 0 spiro atoms. The van der Waals surface area contributed by atoms with Gasteiger partial charge in [-0.25, -0.2) is 13.8 Å². The van der Waals surface area contributed by atoms with E-state index in [9.17, 15) is 9.18 Å². The molecule has 0 unspecified atom stereocenters. The predicted molar refractivity (Wildman–Crippen MR) is 152 cm³/mol. The van der Waals surface area contributed by atoms with Gasteiger partial charge >= 0.3 is 0 Å². The fourth-order valence-corrected chi connectivity index (χ4v) is 5.81. The highest BCUT2D eigenvalue weighted by atomic mass is 35.5. The fraction of sp³-hybridized carbons (Fsp3) is 0.400. The van der Waals surface area contributed by atoms with Gasteiger partial charge in [-0.2, -0.15) is 0 Å². The minimum atomic E-state index is -1.07. The summed E-state index contributed by atoms with van der Waals surface area (Å²) < 4.78 is 31.8. The van der Waals surface area contributed by atoms with Crippen LogP contribution in [0.3, 0.4) is 0 Å². The number of fused-ring (bicyclic) bond motifs is 1. The number of hydrogen-bond acceptors (Lipinski definition) is 6. The van der Waals surface area contributed by atoms with Gasteiger partial charge in [0.1, 0.15) is 17.8 Å². The Labute approximate surface area is 236 Å². The van der Waals surface area contributed by atoms with Gasteiger partial charge in [-0.3, -0.25) is 19.7 Å². The Morgan fingerprint density at radius 3 is 2.60 bits per heavy atom. The van der Waals surface area contributed by atoms with E-state index in [0.29, 0.717) is 41.8 Å². The standard InChI is InChI=1S/C30H31ClF2N6O/c1-18-7-20(5-6-34-18)13-37(24-8-22(32)16-38(17-24)29-12-35-19(2)11-36-29)14-21-15-39(23-3-4-23)28-10-26(31)27(33)9-25(28)30(21)40/h5-7,9-12,15,22-24H,3-4,8,13-14,16-17H2,1-2H3/t22-,24-/m0/s1. The second-order valence-corrected chi connectivity index (χ2v) is 11.4. The molecule has 0 radical (unpaired) electrons. The van der Waals surface area contributed by atoms with Crippen LogP contribution in [-0.4, -0.2) is 49.7 Å². The van der Waals surface area contributed by atoms with Crippen LogP contribution >= 0.6 is 11.6 Å². The van der Waals surface area contributed by atoms with E-state index in [1.54, 1.807) is 24.7 Å². The molecule has 1 saturated carbocycles. The Balaban J connectivity index is 1.39. The highest BCUT2D eigenvalue weighted by Gasteiger charge is 2.33. The molecule has 4 aromatic rings. The van der Waals surface area contributed by atoms with E-state index >= 15 is 4.39 Å². The average molecular weight is 565 g/mol. The van der Waals surface area contributed by atoms with Crippen LogP contribution in [0.1, 0.15) is 47.8 Å². The number of piperidine rings is 1. The van der Waals surface area contributed by atoms with Gasteiger partial charge in [0.25, 0.3) is 0 Å². The summed E-state index contributed by atoms with van der Waals surface area (Å²) in [5, 5.41) is 0.314. The van der Waals surface area contributed by atoms with E-state index in [0.717, 1.165) is 29.8 Å². The lowest BCUT2D eigenvalue weighted by Gasteiger charge is -2.41. The van der Waals surface area contributed by atoms with Crippen molar-refractivity contribution in [1.82, 2.24) is 24.4 Å². The third-order valence-corrected chi connectivity index (χ3v) is 8.08. The molecule has 3 aromatic heterocycles. The number of anilines is 1. The summed E-state index contributed by atoms with van der Waals surface area (Å²) in [5.41, 5.74) is 3.67. The summed E-state index contributed by atoms with van der Waals surface area (Å²) in [6.45, 7) is 5.37. The number of hydrogen-bond donors (Lipinski definition) is 0. The molecule has 1 aromatic carbocycles. The molecule has 2 aliphatic rings. The van der Waals surface area contributed by atoms with Crippen molar-refractivity contribution in [2.75, 3.05) is 18.0 Å². The minimum Gasteiger partial charge on any atom is -0.351 e. The number of nitrogens with zero attached hydrogens (tertiary/aromatic N) is 6. The Kier molecular flexibility index (Phi) is 7.27. The molecule has 10 heteroatoms. The van der Waals surface area contributed by atoms with Crippen molar-refractivity contribution in [2.24, 2.45) is 0 Å². The Bertz CT molecular complexity index is 1610. The van der Waals surface area contributed by atoms with Crippen molar-refractivity contribution in [2.45, 2.75) is 64.5 Å². The maximum Gasteiger partial charge on any atom is 0.193 e. The summed E-state index contributed by atoms with van der Waals surface area (Å²) in [5.74, 6) is 0.0177. The van der Waals surface area contributed by atoms with E-state index in [2.05, 4.69) is 24.4 Å². The Morgan fingerprint density at radius 2 is 1.88 bits per heavy atom. The van der Waals surface area contributed by atoms with Gasteiger partial charge in [0.05, 0.1) is 35.2 Å². The first-order valence-electron chi connectivity index (χ1n) is 13.6. The van der Waals surface area contributed by atoms with E-state index in [1.807, 2.05) is 37.1 Å². The van der Waals surface area contributed by atoms with Gasteiger partial charge in [0, 0.05) is 60.8 Å². The maximum absolute atomic E-state index is 15.3. The molecule has 1 aliphatic heterocycles. The van der Waals surface area contributed by atoms with Crippen LogP contribution in [-0.2, 0) is 13.1 Å². The third kappa shape index (κ3) is 5.58. The number of pyridine rings is 2. The molecule has 7 nitrogen and oxygen atoms in total. The highest BCUT2D eigenvalue weighted by molar-refractivity contribution is 6.31. The SMILES string of the molecule is Cc1cnc(N2C[C@@H](F)C[C@H](N(Cc3ccnc(C)c3)Cc3cn(C4CC4)c4cc(Cl)c(F)cc4c3=O)C2)cn1. The van der Waals surface area contributed by atoms with Crippen molar-refractivity contribution in [3.05, 3.63) is 92.6 Å². The van der Waals surface area contributed by atoms with Crippen LogP contribution in [0.4, 0.5) is 14.6 Å². The second-order valence-electron chi connectivity index (χ2n) is 11.0. The number of rotatable bonds is 7. The molecule has 208 valence electrons. The van der Waals surface area contributed by atoms with Gasteiger partial charge < -0.3 is 9.47 Å². The van der Waals surface area contributed by atoms with Crippen molar-refractivity contribution in [1.29, 1.82) is 0 Å². The zero-order chi connectivity index (χ0) is 28.0. The van der Waals surface area contributed by atoms with Crippen LogP contribution in [0.25, 0.3) is 10.9 Å². The summed E-state index contributed by atoms with van der Waals surface area (Å²) in [6.07, 6.45) is 8.26. The van der Waals surface area contributed by atoms with Gasteiger partial charge in [-0.05, 0) is 62.9 Å². The summed E-state index contributed by atoms with van der Waals surface area (Å²) in [6, 6.07) is 6.79. The first-order valence-corrected chi connectivity index (χ1v) is 14.0. The van der Waals surface area contributed by atoms with Crippen LogP contribution in [0.5, 0.6) is 0 Å². The maximum atomic E-state index is 15.3. The quantitative estimate of drug-likeness (QED) is 0.293. The smallest absolute Gasteiger partial charge is 0.193 e. The van der Waals surface area contributed by atoms with Crippen molar-refractivity contribution >= 4 is 28.3 Å². The predicted octanol–water partition coefficient (Wildman–Crippen LogP) is 5.55. The van der Waals surface area contributed by atoms with E-state index in [-0.39, 0.29) is 35.6 Å². The van der Waals surface area contributed by atoms with Gasteiger partial charge in [0.15, 0.2) is 5.43 Å². The number of aryl methyl sites for hydroxylation is 2.